The number of benzene rings is 1. The van der Waals surface area contributed by atoms with E-state index in [0.717, 1.165) is 43.8 Å². The van der Waals surface area contributed by atoms with E-state index in [1.807, 2.05) is 6.07 Å². The molecule has 0 radical (unpaired) electrons. The highest BCUT2D eigenvalue weighted by Gasteiger charge is 2.46. The maximum absolute atomic E-state index is 13.5. The summed E-state index contributed by atoms with van der Waals surface area (Å²) in [5, 5.41) is 0. The number of amides is 1. The molecule has 2 saturated heterocycles. The summed E-state index contributed by atoms with van der Waals surface area (Å²) in [5.74, 6) is 0.909. The zero-order chi connectivity index (χ0) is 18.0. The third-order valence-corrected chi connectivity index (χ3v) is 6.94. The Morgan fingerprint density at radius 3 is 2.58 bits per heavy atom. The Morgan fingerprint density at radius 1 is 1.08 bits per heavy atom. The molecule has 4 rings (SSSR count). The van der Waals surface area contributed by atoms with E-state index in [4.69, 9.17) is 0 Å². The SMILES string of the molecule is O=C1CCC2(CCN(CC3CCCCC3)CC2)N1Cc1cccc(F)c1. The lowest BCUT2D eigenvalue weighted by molar-refractivity contribution is -0.133. The predicted molar refractivity (Wildman–Crippen MR) is 101 cm³/mol. The van der Waals surface area contributed by atoms with Gasteiger partial charge in [-0.2, -0.15) is 0 Å². The van der Waals surface area contributed by atoms with Crippen molar-refractivity contribution >= 4 is 5.91 Å². The first-order chi connectivity index (χ1) is 12.6. The van der Waals surface area contributed by atoms with E-state index in [2.05, 4.69) is 9.80 Å². The monoisotopic (exact) mass is 358 g/mol. The van der Waals surface area contributed by atoms with Gasteiger partial charge >= 0.3 is 0 Å². The van der Waals surface area contributed by atoms with Gasteiger partial charge in [-0.15, -0.1) is 0 Å². The molecule has 1 amide bonds. The molecule has 0 unspecified atom stereocenters. The minimum Gasteiger partial charge on any atom is -0.333 e. The van der Waals surface area contributed by atoms with Gasteiger partial charge in [0, 0.05) is 38.1 Å². The maximum atomic E-state index is 13.5. The summed E-state index contributed by atoms with van der Waals surface area (Å²) >= 11 is 0. The number of piperidine rings is 1. The fourth-order valence-electron chi connectivity index (χ4n) is 5.35. The molecule has 2 heterocycles. The summed E-state index contributed by atoms with van der Waals surface area (Å²) in [5.41, 5.74) is 0.913. The van der Waals surface area contributed by atoms with E-state index in [1.165, 1.54) is 44.7 Å². The minimum atomic E-state index is -0.217. The number of halogens is 1. The summed E-state index contributed by atoms with van der Waals surface area (Å²) in [7, 11) is 0. The average molecular weight is 359 g/mol. The molecular formula is C22H31FN2O. The van der Waals surface area contributed by atoms with Crippen molar-refractivity contribution in [1.82, 2.24) is 9.80 Å². The van der Waals surface area contributed by atoms with Gasteiger partial charge in [0.05, 0.1) is 0 Å². The number of carbonyl (C=O) groups excluding carboxylic acids is 1. The van der Waals surface area contributed by atoms with Crippen molar-refractivity contribution in [3.05, 3.63) is 35.6 Å². The van der Waals surface area contributed by atoms with E-state index < -0.39 is 0 Å². The Hall–Kier alpha value is -1.42. The number of likely N-dealkylation sites (tertiary alicyclic amines) is 2. The molecule has 0 N–H and O–H groups in total. The molecule has 1 aromatic rings. The van der Waals surface area contributed by atoms with Crippen molar-refractivity contribution in [2.45, 2.75) is 69.9 Å². The Kier molecular flexibility index (Phi) is 5.30. The zero-order valence-corrected chi connectivity index (χ0v) is 15.8. The van der Waals surface area contributed by atoms with Crippen LogP contribution in [0.4, 0.5) is 4.39 Å². The molecule has 1 saturated carbocycles. The number of hydrogen-bond acceptors (Lipinski definition) is 2. The molecule has 26 heavy (non-hydrogen) atoms. The molecule has 4 heteroatoms. The maximum Gasteiger partial charge on any atom is 0.223 e. The van der Waals surface area contributed by atoms with Crippen LogP contribution in [0.25, 0.3) is 0 Å². The second kappa shape index (κ2) is 7.67. The predicted octanol–water partition coefficient (Wildman–Crippen LogP) is 4.36. The van der Waals surface area contributed by atoms with Crippen molar-refractivity contribution < 1.29 is 9.18 Å². The zero-order valence-electron chi connectivity index (χ0n) is 15.8. The first-order valence-corrected chi connectivity index (χ1v) is 10.4. The molecule has 3 nitrogen and oxygen atoms in total. The summed E-state index contributed by atoms with van der Waals surface area (Å²) in [6.45, 7) is 4.00. The van der Waals surface area contributed by atoms with Gasteiger partial charge in [-0.1, -0.05) is 31.4 Å². The third-order valence-electron chi connectivity index (χ3n) is 6.94. The minimum absolute atomic E-state index is 0.00641. The van der Waals surface area contributed by atoms with Crippen LogP contribution in [-0.4, -0.2) is 40.9 Å². The van der Waals surface area contributed by atoms with E-state index in [9.17, 15) is 9.18 Å². The highest BCUT2D eigenvalue weighted by Crippen LogP contribution is 2.40. The normalized spacial score (nSPS) is 24.5. The molecule has 0 aromatic heterocycles. The standard InChI is InChI=1S/C22H31FN2O/c23-20-8-4-7-19(15-20)17-25-21(26)9-10-22(25)11-13-24(14-12-22)16-18-5-2-1-3-6-18/h4,7-8,15,18H,1-3,5-6,9-14,16-17H2. The van der Waals surface area contributed by atoms with Gasteiger partial charge in [0.1, 0.15) is 5.82 Å². The summed E-state index contributed by atoms with van der Waals surface area (Å²) in [6.07, 6.45) is 10.8. The lowest BCUT2D eigenvalue weighted by Crippen LogP contribution is -2.53. The second-order valence-corrected chi connectivity index (χ2v) is 8.64. The van der Waals surface area contributed by atoms with Crippen molar-refractivity contribution in [1.29, 1.82) is 0 Å². The third kappa shape index (κ3) is 3.80. The Balaban J connectivity index is 1.38. The quantitative estimate of drug-likeness (QED) is 0.798. The Bertz CT molecular complexity index is 633. The van der Waals surface area contributed by atoms with Crippen molar-refractivity contribution in [3.63, 3.8) is 0 Å². The molecule has 3 aliphatic rings. The largest absolute Gasteiger partial charge is 0.333 e. The van der Waals surface area contributed by atoms with Crippen LogP contribution in [0.5, 0.6) is 0 Å². The van der Waals surface area contributed by atoms with E-state index in [0.29, 0.717) is 13.0 Å². The molecule has 0 atom stereocenters. The van der Waals surface area contributed by atoms with Crippen molar-refractivity contribution in [2.75, 3.05) is 19.6 Å². The molecule has 142 valence electrons. The van der Waals surface area contributed by atoms with Crippen LogP contribution in [0.1, 0.15) is 63.4 Å². The topological polar surface area (TPSA) is 23.6 Å². The highest BCUT2D eigenvalue weighted by atomic mass is 19.1. The number of nitrogens with zero attached hydrogens (tertiary/aromatic N) is 2. The molecule has 1 aliphatic carbocycles. The second-order valence-electron chi connectivity index (χ2n) is 8.64. The van der Waals surface area contributed by atoms with E-state index >= 15 is 0 Å². The molecule has 1 aromatic carbocycles. The number of carbonyl (C=O) groups is 1. The van der Waals surface area contributed by atoms with Gasteiger partial charge in [-0.05, 0) is 55.7 Å². The number of hydrogen-bond donors (Lipinski definition) is 0. The van der Waals surface area contributed by atoms with Crippen LogP contribution in [0.3, 0.4) is 0 Å². The van der Waals surface area contributed by atoms with Crippen LogP contribution in [0.2, 0.25) is 0 Å². The van der Waals surface area contributed by atoms with Gasteiger partial charge in [0.15, 0.2) is 0 Å². The van der Waals surface area contributed by atoms with Gasteiger partial charge < -0.3 is 9.80 Å². The smallest absolute Gasteiger partial charge is 0.223 e. The molecule has 1 spiro atoms. The fourth-order valence-corrected chi connectivity index (χ4v) is 5.35. The summed E-state index contributed by atoms with van der Waals surface area (Å²) in [4.78, 5) is 17.3. The molecule has 2 aliphatic heterocycles. The van der Waals surface area contributed by atoms with Crippen molar-refractivity contribution in [3.8, 4) is 0 Å². The molecule has 0 bridgehead atoms. The van der Waals surface area contributed by atoms with Crippen molar-refractivity contribution in [2.24, 2.45) is 5.92 Å². The van der Waals surface area contributed by atoms with E-state index in [-0.39, 0.29) is 17.3 Å². The van der Waals surface area contributed by atoms with Crippen LogP contribution in [-0.2, 0) is 11.3 Å². The lowest BCUT2D eigenvalue weighted by atomic mass is 9.83. The van der Waals surface area contributed by atoms with Gasteiger partial charge in [-0.25, -0.2) is 4.39 Å². The lowest BCUT2D eigenvalue weighted by Gasteiger charge is -2.46. The summed E-state index contributed by atoms with van der Waals surface area (Å²) in [6, 6.07) is 6.71. The summed E-state index contributed by atoms with van der Waals surface area (Å²) < 4.78 is 13.5. The van der Waals surface area contributed by atoms with Gasteiger partial charge in [0.2, 0.25) is 5.91 Å². The average Bonchev–Trinajstić information content (AvgIpc) is 2.94. The Labute approximate surface area is 156 Å². The van der Waals surface area contributed by atoms with E-state index in [1.54, 1.807) is 12.1 Å². The first kappa shape index (κ1) is 18.0. The van der Waals surface area contributed by atoms with Gasteiger partial charge in [0.25, 0.3) is 0 Å². The Morgan fingerprint density at radius 2 is 1.85 bits per heavy atom. The molecular weight excluding hydrogens is 327 g/mol. The van der Waals surface area contributed by atoms with Crippen LogP contribution < -0.4 is 0 Å². The molecule has 3 fully saturated rings. The van der Waals surface area contributed by atoms with Crippen LogP contribution in [0.15, 0.2) is 24.3 Å². The highest BCUT2D eigenvalue weighted by molar-refractivity contribution is 5.79. The van der Waals surface area contributed by atoms with Gasteiger partial charge in [-0.3, -0.25) is 4.79 Å². The van der Waals surface area contributed by atoms with Crippen LogP contribution in [0, 0.1) is 11.7 Å². The first-order valence-electron chi connectivity index (χ1n) is 10.4. The number of rotatable bonds is 4. The van der Waals surface area contributed by atoms with Crippen LogP contribution >= 0.6 is 0 Å². The fraction of sp³-hybridized carbons (Fsp3) is 0.682.